The number of carbonyl (C=O) groups excluding carboxylic acids is 3. The summed E-state index contributed by atoms with van der Waals surface area (Å²) in [7, 11) is 0. The topological polar surface area (TPSA) is 78.9 Å². The third-order valence-corrected chi connectivity index (χ3v) is 14.5. The number of esters is 3. The third-order valence-electron chi connectivity index (χ3n) is 14.5. The molecule has 0 bridgehead atoms. The summed E-state index contributed by atoms with van der Waals surface area (Å²) in [6, 6.07) is 0. The van der Waals surface area contributed by atoms with E-state index in [1.807, 2.05) is 6.08 Å². The van der Waals surface area contributed by atoms with Gasteiger partial charge in [-0.25, -0.2) is 0 Å². The van der Waals surface area contributed by atoms with Crippen LogP contribution >= 0.6 is 0 Å². The summed E-state index contributed by atoms with van der Waals surface area (Å²) in [6.07, 6.45) is 95.3. The van der Waals surface area contributed by atoms with E-state index in [2.05, 4.69) is 130 Å². The first kappa shape index (κ1) is 76.8. The minimum Gasteiger partial charge on any atom is -0.462 e. The number of carbonyl (C=O) groups is 3. The van der Waals surface area contributed by atoms with E-state index in [0.29, 0.717) is 12.8 Å². The van der Waals surface area contributed by atoms with Gasteiger partial charge in [-0.05, 0) is 89.9 Å². The lowest BCUT2D eigenvalue weighted by molar-refractivity contribution is -0.166. The van der Waals surface area contributed by atoms with E-state index in [-0.39, 0.29) is 31.6 Å². The van der Waals surface area contributed by atoms with Gasteiger partial charge in [0.15, 0.2) is 6.10 Å². The zero-order chi connectivity index (χ0) is 58.5. The van der Waals surface area contributed by atoms with Gasteiger partial charge >= 0.3 is 17.9 Å². The first-order valence-electron chi connectivity index (χ1n) is 34.0. The van der Waals surface area contributed by atoms with Crippen molar-refractivity contribution in [3.63, 3.8) is 0 Å². The molecule has 0 aliphatic rings. The minimum atomic E-state index is -0.828. The van der Waals surface area contributed by atoms with Crippen molar-refractivity contribution < 1.29 is 28.6 Å². The molecular formula is C75H126O6. The average Bonchev–Trinajstić information content (AvgIpc) is 3.47. The molecule has 0 radical (unpaired) electrons. The zero-order valence-electron chi connectivity index (χ0n) is 53.0. The maximum atomic E-state index is 12.9. The molecule has 0 N–H and O–H groups in total. The molecule has 0 aromatic rings. The van der Waals surface area contributed by atoms with E-state index in [1.165, 1.54) is 161 Å². The lowest BCUT2D eigenvalue weighted by Crippen LogP contribution is -2.30. The SMILES string of the molecule is CC/C=C\C/C=C\C/C=C\C/C=C\C/C=C\CCCCCCCCCC(=O)OC(COC(=O)C/C=C\C/C=C\C/C=C\C/C=C\C/C=C\CC)COC(=O)CCCCCCCCCCCCCCCCCCCCCCCCCCC. The van der Waals surface area contributed by atoms with Crippen molar-refractivity contribution in [1.29, 1.82) is 0 Å². The number of hydrogen-bond donors (Lipinski definition) is 0. The number of allylic oxidation sites excluding steroid dienone is 19. The summed E-state index contributed by atoms with van der Waals surface area (Å²) in [5, 5.41) is 0. The Bertz CT molecular complexity index is 1670. The molecule has 0 saturated heterocycles. The predicted octanol–water partition coefficient (Wildman–Crippen LogP) is 23.6. The van der Waals surface area contributed by atoms with Crippen molar-refractivity contribution in [2.24, 2.45) is 0 Å². The van der Waals surface area contributed by atoms with Crippen LogP contribution in [0.3, 0.4) is 0 Å². The molecule has 0 rings (SSSR count). The van der Waals surface area contributed by atoms with Gasteiger partial charge in [0.05, 0.1) is 6.42 Å². The first-order valence-corrected chi connectivity index (χ1v) is 34.0. The molecule has 81 heavy (non-hydrogen) atoms. The molecule has 0 saturated carbocycles. The second-order valence-corrected chi connectivity index (χ2v) is 22.3. The smallest absolute Gasteiger partial charge is 0.309 e. The van der Waals surface area contributed by atoms with Crippen LogP contribution < -0.4 is 0 Å². The van der Waals surface area contributed by atoms with E-state index in [9.17, 15) is 14.4 Å². The van der Waals surface area contributed by atoms with Crippen LogP contribution in [0.1, 0.15) is 316 Å². The predicted molar refractivity (Wildman–Crippen MR) is 353 cm³/mol. The zero-order valence-corrected chi connectivity index (χ0v) is 53.0. The van der Waals surface area contributed by atoms with Crippen LogP contribution in [0, 0.1) is 0 Å². The summed E-state index contributed by atoms with van der Waals surface area (Å²) in [4.78, 5) is 38.3. The van der Waals surface area contributed by atoms with Crippen molar-refractivity contribution in [3.8, 4) is 0 Å². The van der Waals surface area contributed by atoms with Gasteiger partial charge in [-0.1, -0.05) is 328 Å². The Morgan fingerprint density at radius 2 is 0.531 bits per heavy atom. The highest BCUT2D eigenvalue weighted by Crippen LogP contribution is 2.17. The molecule has 1 unspecified atom stereocenters. The Hall–Kier alpha value is -4.19. The van der Waals surface area contributed by atoms with Crippen LogP contribution in [0.25, 0.3) is 0 Å². The van der Waals surface area contributed by atoms with E-state index < -0.39 is 12.1 Å². The highest BCUT2D eigenvalue weighted by molar-refractivity contribution is 5.72. The molecule has 0 aliphatic heterocycles. The van der Waals surface area contributed by atoms with Crippen LogP contribution in [0.2, 0.25) is 0 Å². The molecule has 1 atom stereocenters. The van der Waals surface area contributed by atoms with Crippen LogP contribution in [0.4, 0.5) is 0 Å². The lowest BCUT2D eigenvalue weighted by atomic mass is 10.0. The van der Waals surface area contributed by atoms with Crippen molar-refractivity contribution in [1.82, 2.24) is 0 Å². The third kappa shape index (κ3) is 66.5. The van der Waals surface area contributed by atoms with Gasteiger partial charge in [0.25, 0.3) is 0 Å². The van der Waals surface area contributed by atoms with Crippen molar-refractivity contribution in [2.45, 2.75) is 322 Å². The largest absolute Gasteiger partial charge is 0.462 e. The highest BCUT2D eigenvalue weighted by Gasteiger charge is 2.19. The van der Waals surface area contributed by atoms with Gasteiger partial charge in [0.2, 0.25) is 0 Å². The van der Waals surface area contributed by atoms with Crippen LogP contribution in [-0.4, -0.2) is 37.2 Å². The van der Waals surface area contributed by atoms with Gasteiger partial charge in [-0.2, -0.15) is 0 Å². The summed E-state index contributed by atoms with van der Waals surface area (Å²) in [5.41, 5.74) is 0. The van der Waals surface area contributed by atoms with Crippen LogP contribution in [-0.2, 0) is 28.6 Å². The minimum absolute atomic E-state index is 0.113. The van der Waals surface area contributed by atoms with Crippen molar-refractivity contribution in [2.75, 3.05) is 13.2 Å². The molecule has 0 heterocycles. The molecule has 6 nitrogen and oxygen atoms in total. The summed E-state index contributed by atoms with van der Waals surface area (Å²) < 4.78 is 16.8. The van der Waals surface area contributed by atoms with Crippen molar-refractivity contribution in [3.05, 3.63) is 122 Å². The van der Waals surface area contributed by atoms with E-state index in [1.54, 1.807) is 6.08 Å². The van der Waals surface area contributed by atoms with E-state index >= 15 is 0 Å². The Balaban J connectivity index is 4.40. The van der Waals surface area contributed by atoms with Crippen LogP contribution in [0.5, 0.6) is 0 Å². The fraction of sp³-hybridized carbons (Fsp3) is 0.693. The first-order chi connectivity index (χ1) is 40.0. The standard InChI is InChI=1S/C75H126O6/c1-4-7-10-13-16-19-22-25-28-30-32-34-36-37-39-40-42-44-47-50-53-56-59-62-65-68-74(77)80-71-72(70-79-73(76)67-64-61-58-55-52-49-46-27-24-21-18-15-12-9-6-3)81-75(78)69-66-63-60-57-54-51-48-45-43-41-38-35-33-31-29-26-23-20-17-14-11-8-5-2/h8-9,11-12,17-18,20-21,26-27,29,33,35,41,43,46,52,55,61,64,72H,4-7,10,13-16,19,22-25,28,30-32,34,36-40,42,44-45,47-51,53-54,56-60,62-63,65-71H2,1-3H3/b11-8-,12-9-,20-17-,21-18-,29-26-,35-33-,43-41-,46-27-,55-52-,64-61-. The summed E-state index contributed by atoms with van der Waals surface area (Å²) >= 11 is 0. The van der Waals surface area contributed by atoms with E-state index in [0.717, 1.165) is 116 Å². The van der Waals surface area contributed by atoms with Crippen LogP contribution in [0.15, 0.2) is 122 Å². The number of ether oxygens (including phenoxy) is 3. The van der Waals surface area contributed by atoms with Gasteiger partial charge in [0.1, 0.15) is 13.2 Å². The number of rotatable bonds is 61. The highest BCUT2D eigenvalue weighted by atomic mass is 16.6. The fourth-order valence-corrected chi connectivity index (χ4v) is 9.49. The quantitative estimate of drug-likeness (QED) is 0.0261. The molecule has 0 aromatic carbocycles. The summed E-state index contributed by atoms with van der Waals surface area (Å²) in [5.74, 6) is -1.05. The van der Waals surface area contributed by atoms with Gasteiger partial charge < -0.3 is 14.2 Å². The number of hydrogen-bond acceptors (Lipinski definition) is 6. The summed E-state index contributed by atoms with van der Waals surface area (Å²) in [6.45, 7) is 6.35. The molecule has 0 aliphatic carbocycles. The van der Waals surface area contributed by atoms with Crippen molar-refractivity contribution >= 4 is 17.9 Å². The maximum absolute atomic E-state index is 12.9. The normalized spacial score (nSPS) is 12.9. The fourth-order valence-electron chi connectivity index (χ4n) is 9.49. The Kier molecular flexibility index (Phi) is 64.8. The van der Waals surface area contributed by atoms with Gasteiger partial charge in [0, 0.05) is 12.8 Å². The Morgan fingerprint density at radius 1 is 0.272 bits per heavy atom. The number of unbranched alkanes of at least 4 members (excludes halogenated alkanes) is 31. The average molecular weight is 1120 g/mol. The Labute approximate surface area is 501 Å². The molecule has 6 heteroatoms. The van der Waals surface area contributed by atoms with Gasteiger partial charge in [-0.3, -0.25) is 14.4 Å². The molecule has 0 aromatic heterocycles. The molecular weight excluding hydrogens is 997 g/mol. The second-order valence-electron chi connectivity index (χ2n) is 22.3. The molecule has 462 valence electrons. The second kappa shape index (κ2) is 68.3. The Morgan fingerprint density at radius 3 is 0.864 bits per heavy atom. The lowest BCUT2D eigenvalue weighted by Gasteiger charge is -2.18. The molecule has 0 spiro atoms. The van der Waals surface area contributed by atoms with Gasteiger partial charge in [-0.15, -0.1) is 0 Å². The molecule has 0 fully saturated rings. The van der Waals surface area contributed by atoms with E-state index in [4.69, 9.17) is 14.2 Å². The maximum Gasteiger partial charge on any atom is 0.309 e. The molecule has 0 amide bonds. The monoisotopic (exact) mass is 1120 g/mol.